The molecule has 0 aliphatic heterocycles. The summed E-state index contributed by atoms with van der Waals surface area (Å²) in [5.74, 6) is 0. The third-order valence-corrected chi connectivity index (χ3v) is 8.21. The van der Waals surface area contributed by atoms with Crippen molar-refractivity contribution in [1.82, 2.24) is 0 Å². The summed E-state index contributed by atoms with van der Waals surface area (Å²) in [6.07, 6.45) is 3.85. The molecule has 1 N–H and O–H groups in total. The van der Waals surface area contributed by atoms with Crippen molar-refractivity contribution in [3.63, 3.8) is 0 Å². The fourth-order valence-corrected chi connectivity index (χ4v) is 7.06. The molecule has 0 heterocycles. The van der Waals surface area contributed by atoms with Gasteiger partial charge in [0.2, 0.25) is 0 Å². The Balaban J connectivity index is 2.12. The van der Waals surface area contributed by atoms with Crippen molar-refractivity contribution in [3.05, 3.63) is 35.9 Å². The molecule has 0 saturated carbocycles. The summed E-state index contributed by atoms with van der Waals surface area (Å²) >= 11 is 1.43. The molecule has 1 aromatic carbocycles. The molecule has 0 bridgehead atoms. The summed E-state index contributed by atoms with van der Waals surface area (Å²) in [6.45, 7) is 4.46. The van der Waals surface area contributed by atoms with E-state index >= 15 is 0 Å². The molecule has 0 spiro atoms. The average molecular weight is 392 g/mol. The van der Waals surface area contributed by atoms with Gasteiger partial charge in [-0.3, -0.25) is 0 Å². The van der Waals surface area contributed by atoms with Crippen LogP contribution in [0.2, 0.25) is 20.8 Å². The SMILES string of the molecule is CCCC[Se]CCC[Se]C(C)C(O)c1ccccc1. The molecule has 0 aromatic heterocycles. The molecule has 19 heavy (non-hydrogen) atoms. The maximum absolute atomic E-state index is 10.3. The number of rotatable bonds is 10. The number of unbranched alkanes of at least 4 members (excludes halogenated alkanes) is 1. The Kier molecular flexibility index (Phi) is 9.95. The fraction of sp³-hybridized carbons (Fsp3) is 0.625. The average Bonchev–Trinajstić information content (AvgIpc) is 2.46. The van der Waals surface area contributed by atoms with Gasteiger partial charge in [-0.25, -0.2) is 0 Å². The zero-order valence-electron chi connectivity index (χ0n) is 12.0. The van der Waals surface area contributed by atoms with E-state index in [1.165, 1.54) is 35.2 Å². The monoisotopic (exact) mass is 394 g/mol. The number of benzene rings is 1. The van der Waals surface area contributed by atoms with Gasteiger partial charge in [-0.2, -0.15) is 0 Å². The van der Waals surface area contributed by atoms with Gasteiger partial charge in [-0.15, -0.1) is 0 Å². The summed E-state index contributed by atoms with van der Waals surface area (Å²) in [5, 5.41) is 14.5. The van der Waals surface area contributed by atoms with Crippen molar-refractivity contribution in [2.24, 2.45) is 0 Å². The van der Waals surface area contributed by atoms with E-state index < -0.39 is 0 Å². The van der Waals surface area contributed by atoms with Gasteiger partial charge >= 0.3 is 131 Å². The van der Waals surface area contributed by atoms with E-state index in [-0.39, 0.29) is 6.10 Å². The summed E-state index contributed by atoms with van der Waals surface area (Å²) in [7, 11) is 0. The second-order valence-corrected chi connectivity index (χ2v) is 10.4. The van der Waals surface area contributed by atoms with E-state index in [0.717, 1.165) is 20.5 Å². The van der Waals surface area contributed by atoms with Crippen LogP contribution in [0.25, 0.3) is 0 Å². The van der Waals surface area contributed by atoms with Crippen LogP contribution in [0.1, 0.15) is 44.8 Å². The minimum absolute atomic E-state index is 0.271. The van der Waals surface area contributed by atoms with E-state index in [1.807, 2.05) is 30.3 Å². The number of aliphatic hydroxyl groups excluding tert-OH is 1. The van der Waals surface area contributed by atoms with Gasteiger partial charge in [-0.1, -0.05) is 0 Å². The van der Waals surface area contributed by atoms with Crippen LogP contribution in [-0.4, -0.2) is 35.0 Å². The molecule has 0 fully saturated rings. The molecular weight excluding hydrogens is 366 g/mol. The van der Waals surface area contributed by atoms with E-state index in [4.69, 9.17) is 0 Å². The first-order valence-electron chi connectivity index (χ1n) is 7.18. The van der Waals surface area contributed by atoms with Gasteiger partial charge in [0.15, 0.2) is 0 Å². The Bertz CT molecular complexity index is 316. The molecule has 2 unspecified atom stereocenters. The molecule has 108 valence electrons. The minimum atomic E-state index is -0.271. The summed E-state index contributed by atoms with van der Waals surface area (Å²) < 4.78 is 0. The summed E-state index contributed by atoms with van der Waals surface area (Å²) in [5.41, 5.74) is 1.07. The third kappa shape index (κ3) is 7.54. The molecule has 0 amide bonds. The Morgan fingerprint density at radius 3 is 2.42 bits per heavy atom. The van der Waals surface area contributed by atoms with E-state index in [2.05, 4.69) is 13.8 Å². The van der Waals surface area contributed by atoms with Crippen LogP contribution in [0.4, 0.5) is 0 Å². The summed E-state index contributed by atoms with van der Waals surface area (Å²) in [6, 6.07) is 10.1. The zero-order chi connectivity index (χ0) is 13.9. The first-order chi connectivity index (χ1) is 9.25. The van der Waals surface area contributed by atoms with Crippen molar-refractivity contribution in [1.29, 1.82) is 0 Å². The van der Waals surface area contributed by atoms with E-state index in [0.29, 0.717) is 19.8 Å². The topological polar surface area (TPSA) is 20.2 Å². The second-order valence-electron chi connectivity index (χ2n) is 4.75. The predicted molar refractivity (Wildman–Crippen MR) is 86.3 cm³/mol. The normalized spacial score (nSPS) is 14.3. The zero-order valence-corrected chi connectivity index (χ0v) is 15.5. The number of hydrogen-bond acceptors (Lipinski definition) is 1. The second kappa shape index (κ2) is 10.9. The van der Waals surface area contributed by atoms with Crippen LogP contribution in [0.15, 0.2) is 30.3 Å². The van der Waals surface area contributed by atoms with Crippen molar-refractivity contribution in [2.45, 2.75) is 60.0 Å². The Hall–Kier alpha value is 0.219. The fourth-order valence-electron chi connectivity index (χ4n) is 1.79. The molecule has 2 atom stereocenters. The molecule has 1 nitrogen and oxygen atoms in total. The van der Waals surface area contributed by atoms with Crippen molar-refractivity contribution >= 4 is 29.9 Å². The standard InChI is InChI=1S/C16H26OSe2/c1-3-4-11-18-12-8-13-19-14(2)16(17)15-9-6-5-7-10-15/h5-7,9-10,14,16-17H,3-4,8,11-13H2,1-2H3. The molecule has 0 aliphatic carbocycles. The Morgan fingerprint density at radius 1 is 1.05 bits per heavy atom. The van der Waals surface area contributed by atoms with Crippen LogP contribution in [0.5, 0.6) is 0 Å². The maximum atomic E-state index is 10.3. The van der Waals surface area contributed by atoms with Crippen molar-refractivity contribution in [2.75, 3.05) is 0 Å². The molecule has 1 aromatic rings. The van der Waals surface area contributed by atoms with Gasteiger partial charge in [0, 0.05) is 0 Å². The van der Waals surface area contributed by atoms with Crippen LogP contribution in [-0.2, 0) is 0 Å². The molecule has 0 radical (unpaired) electrons. The van der Waals surface area contributed by atoms with Gasteiger partial charge < -0.3 is 0 Å². The van der Waals surface area contributed by atoms with Gasteiger partial charge in [-0.05, 0) is 0 Å². The quantitative estimate of drug-likeness (QED) is 0.463. The van der Waals surface area contributed by atoms with Crippen LogP contribution < -0.4 is 0 Å². The molecule has 1 rings (SSSR count). The molecular formula is C16H26OSe2. The number of hydrogen-bond donors (Lipinski definition) is 1. The van der Waals surface area contributed by atoms with Crippen molar-refractivity contribution in [3.8, 4) is 0 Å². The van der Waals surface area contributed by atoms with Crippen LogP contribution in [0, 0.1) is 0 Å². The van der Waals surface area contributed by atoms with E-state index in [1.54, 1.807) is 0 Å². The van der Waals surface area contributed by atoms with Crippen LogP contribution in [0.3, 0.4) is 0 Å². The van der Waals surface area contributed by atoms with Crippen LogP contribution >= 0.6 is 0 Å². The first-order valence-corrected chi connectivity index (χ1v) is 11.8. The Labute approximate surface area is 130 Å². The first kappa shape index (κ1) is 17.3. The number of aliphatic hydroxyl groups is 1. The van der Waals surface area contributed by atoms with Gasteiger partial charge in [0.05, 0.1) is 0 Å². The van der Waals surface area contributed by atoms with Gasteiger partial charge in [0.1, 0.15) is 0 Å². The van der Waals surface area contributed by atoms with E-state index in [9.17, 15) is 5.11 Å². The molecule has 3 heteroatoms. The third-order valence-electron chi connectivity index (χ3n) is 3.04. The molecule has 0 aliphatic rings. The molecule has 0 saturated heterocycles. The Morgan fingerprint density at radius 2 is 1.74 bits per heavy atom. The summed E-state index contributed by atoms with van der Waals surface area (Å²) in [4.78, 5) is 0.429. The van der Waals surface area contributed by atoms with Crippen molar-refractivity contribution < 1.29 is 5.11 Å². The van der Waals surface area contributed by atoms with Gasteiger partial charge in [0.25, 0.3) is 0 Å². The predicted octanol–water partition coefficient (Wildman–Crippen LogP) is 4.38.